The number of fused-ring (bicyclic) bond motifs is 3. The van der Waals surface area contributed by atoms with Gasteiger partial charge in [0.25, 0.3) is 15.6 Å². The molecule has 4 heterocycles. The van der Waals surface area contributed by atoms with E-state index in [4.69, 9.17) is 0 Å². The third kappa shape index (κ3) is 3.83. The average Bonchev–Trinajstić information content (AvgIpc) is 3.54. The molecule has 0 bridgehead atoms. The number of carbonyl (C=O) groups excluding carboxylic acids is 1. The van der Waals surface area contributed by atoms with Gasteiger partial charge in [0.2, 0.25) is 5.91 Å². The first-order valence-electron chi connectivity index (χ1n) is 13.8. The van der Waals surface area contributed by atoms with Crippen LogP contribution in [0.15, 0.2) is 88.8 Å². The molecule has 1 saturated carbocycles. The van der Waals surface area contributed by atoms with Gasteiger partial charge in [-0.05, 0) is 60.9 Å². The van der Waals surface area contributed by atoms with Gasteiger partial charge in [0.15, 0.2) is 0 Å². The van der Waals surface area contributed by atoms with Gasteiger partial charge in [0.1, 0.15) is 11.2 Å². The summed E-state index contributed by atoms with van der Waals surface area (Å²) in [7, 11) is -1.31. The van der Waals surface area contributed by atoms with Gasteiger partial charge in [-0.2, -0.15) is 13.2 Å². The Morgan fingerprint density at radius 2 is 1.68 bits per heavy atom. The Bertz CT molecular complexity index is 2200. The van der Waals surface area contributed by atoms with E-state index in [0.717, 1.165) is 33.0 Å². The maximum Gasteiger partial charge on any atom is 0.433 e. The lowest BCUT2D eigenvalue weighted by molar-refractivity contribution is -0.141. The molecule has 5 aromatic rings. The van der Waals surface area contributed by atoms with Crippen LogP contribution < -0.4 is 10.5 Å². The van der Waals surface area contributed by atoms with Crippen molar-refractivity contribution in [1.29, 1.82) is 0 Å². The number of hydrogen-bond donors (Lipinski definition) is 0. The van der Waals surface area contributed by atoms with Crippen LogP contribution in [0.1, 0.15) is 34.7 Å². The van der Waals surface area contributed by atoms with Crippen LogP contribution in [0.3, 0.4) is 0 Å². The van der Waals surface area contributed by atoms with E-state index in [1.165, 1.54) is 35.9 Å². The predicted molar refractivity (Wildman–Crippen MR) is 158 cm³/mol. The lowest BCUT2D eigenvalue weighted by Gasteiger charge is -2.15. The van der Waals surface area contributed by atoms with Gasteiger partial charge < -0.3 is 9.47 Å². The maximum atomic E-state index is 14.3. The zero-order valence-corrected chi connectivity index (χ0v) is 24.6. The molecule has 0 unspecified atom stereocenters. The van der Waals surface area contributed by atoms with E-state index < -0.39 is 38.8 Å². The zero-order chi connectivity index (χ0) is 31.3. The minimum absolute atomic E-state index is 0.0836. The molecule has 8 nitrogen and oxygen atoms in total. The summed E-state index contributed by atoms with van der Waals surface area (Å²) in [5.41, 5.74) is -0.186. The molecule has 44 heavy (non-hydrogen) atoms. The maximum absolute atomic E-state index is 14.3. The van der Waals surface area contributed by atoms with Crippen molar-refractivity contribution in [3.05, 3.63) is 112 Å². The zero-order valence-electron chi connectivity index (χ0n) is 23.8. The van der Waals surface area contributed by atoms with Crippen molar-refractivity contribution in [1.82, 2.24) is 13.5 Å². The minimum atomic E-state index is -4.79. The van der Waals surface area contributed by atoms with Crippen molar-refractivity contribution in [2.75, 3.05) is 11.9 Å². The number of rotatable bonds is 4. The normalized spacial score (nSPS) is 19.6. The van der Waals surface area contributed by atoms with Crippen LogP contribution in [0.5, 0.6) is 0 Å². The Balaban J connectivity index is 1.53. The van der Waals surface area contributed by atoms with Crippen LogP contribution in [-0.2, 0) is 33.5 Å². The molecular formula is C32H25F3N4O4S. The highest BCUT2D eigenvalue weighted by molar-refractivity contribution is 7.90. The number of nitrogens with zero attached hydrogens (tertiary/aromatic N) is 4. The Kier molecular flexibility index (Phi) is 5.84. The van der Waals surface area contributed by atoms with Crippen LogP contribution in [0, 0.1) is 6.92 Å². The molecule has 0 saturated heterocycles. The van der Waals surface area contributed by atoms with Gasteiger partial charge in [0.05, 0.1) is 16.0 Å². The van der Waals surface area contributed by atoms with E-state index in [0.29, 0.717) is 12.0 Å². The average molecular weight is 619 g/mol. The lowest BCUT2D eigenvalue weighted by Crippen LogP contribution is -2.29. The highest BCUT2D eigenvalue weighted by Gasteiger charge is 2.67. The largest absolute Gasteiger partial charge is 0.433 e. The second kappa shape index (κ2) is 9.15. The molecule has 2 aromatic carbocycles. The lowest BCUT2D eigenvalue weighted by atomic mass is 9.91. The van der Waals surface area contributed by atoms with Crippen LogP contribution in [0.25, 0.3) is 22.2 Å². The summed E-state index contributed by atoms with van der Waals surface area (Å²) in [6.45, 7) is 1.79. The van der Waals surface area contributed by atoms with E-state index in [2.05, 4.69) is 4.98 Å². The van der Waals surface area contributed by atoms with Crippen molar-refractivity contribution in [3.8, 4) is 11.3 Å². The molecule has 2 aliphatic rings. The highest BCUT2D eigenvalue weighted by Crippen LogP contribution is 2.66. The number of likely N-dealkylation sites (N-methyl/N-ethyl adjacent to an activating group) is 1. The van der Waals surface area contributed by atoms with Gasteiger partial charge in [-0.1, -0.05) is 35.9 Å². The van der Waals surface area contributed by atoms with Crippen LogP contribution in [-0.4, -0.2) is 34.9 Å². The number of anilines is 1. The van der Waals surface area contributed by atoms with Crippen molar-refractivity contribution >= 4 is 32.5 Å². The Hall–Kier alpha value is -4.71. The monoisotopic (exact) mass is 618 g/mol. The molecule has 1 fully saturated rings. The summed E-state index contributed by atoms with van der Waals surface area (Å²) in [5.74, 6) is -0.508. The van der Waals surface area contributed by atoms with E-state index >= 15 is 0 Å². The number of alkyl halides is 3. The molecule has 2 atom stereocenters. The quantitative estimate of drug-likeness (QED) is 0.270. The van der Waals surface area contributed by atoms with Crippen LogP contribution >= 0.6 is 0 Å². The molecule has 1 amide bonds. The van der Waals surface area contributed by atoms with Crippen molar-refractivity contribution < 1.29 is 26.4 Å². The second-order valence-electron chi connectivity index (χ2n) is 11.4. The van der Waals surface area contributed by atoms with Gasteiger partial charge >= 0.3 is 6.18 Å². The topological polar surface area (TPSA) is 94.3 Å². The number of amides is 1. The number of para-hydroxylation sites is 1. The molecule has 224 valence electrons. The SMILES string of the molecule is Cc1ccc(S(=O)(=O)n2c(-c3ccnc(C(F)(F)F)c3)cc3c([C@@H]4C[C@@]45C(=O)N(C)c4ccccc45)cn(C)c(=O)c32)cc1. The summed E-state index contributed by atoms with van der Waals surface area (Å²) in [6, 6.07) is 16.9. The second-order valence-corrected chi connectivity index (χ2v) is 13.2. The molecule has 1 spiro atoms. The number of carbonyl (C=O) groups is 1. The van der Waals surface area contributed by atoms with E-state index in [1.807, 2.05) is 24.3 Å². The molecule has 3 aromatic heterocycles. The van der Waals surface area contributed by atoms with E-state index in [1.54, 1.807) is 37.2 Å². The highest BCUT2D eigenvalue weighted by atomic mass is 32.2. The number of halogens is 3. The fourth-order valence-electron chi connectivity index (χ4n) is 6.55. The number of pyridine rings is 2. The number of aromatic nitrogens is 3. The molecule has 0 N–H and O–H groups in total. The van der Waals surface area contributed by atoms with Gasteiger partial charge in [0, 0.05) is 49.0 Å². The van der Waals surface area contributed by atoms with E-state index in [9.17, 15) is 31.2 Å². The number of benzene rings is 2. The van der Waals surface area contributed by atoms with Crippen LogP contribution in [0.2, 0.25) is 0 Å². The Morgan fingerprint density at radius 3 is 2.39 bits per heavy atom. The number of hydrogen-bond acceptors (Lipinski definition) is 5. The Morgan fingerprint density at radius 1 is 0.977 bits per heavy atom. The molecule has 7 rings (SSSR count). The van der Waals surface area contributed by atoms with Gasteiger partial charge in [-0.15, -0.1) is 0 Å². The van der Waals surface area contributed by atoms with Crippen molar-refractivity contribution in [3.63, 3.8) is 0 Å². The molecule has 12 heteroatoms. The summed E-state index contributed by atoms with van der Waals surface area (Å²) >= 11 is 0. The number of aryl methyl sites for hydroxylation is 2. The third-order valence-electron chi connectivity index (χ3n) is 8.80. The minimum Gasteiger partial charge on any atom is -0.316 e. The Labute approximate surface area is 250 Å². The van der Waals surface area contributed by atoms with Crippen LogP contribution in [0.4, 0.5) is 18.9 Å². The fraction of sp³-hybridized carbons (Fsp3) is 0.219. The fourth-order valence-corrected chi connectivity index (χ4v) is 8.07. The smallest absolute Gasteiger partial charge is 0.316 e. The summed E-state index contributed by atoms with van der Waals surface area (Å²) in [6.07, 6.45) is -1.80. The van der Waals surface area contributed by atoms with Gasteiger partial charge in [-0.3, -0.25) is 14.6 Å². The molecule has 1 aliphatic heterocycles. The molecule has 1 aliphatic carbocycles. The standard InChI is InChI=1S/C32H25F3N4O4S/c1-18-8-10-20(11-9-18)44(42,43)39-26(19-12-13-36-27(14-19)32(33,34)35)15-21-22(17-37(2)29(40)28(21)39)24-16-31(24)23-6-4-5-7-25(23)38(3)30(31)41/h4-15,17,24H,16H2,1-3H3/t24-,31-/m0/s1. The summed E-state index contributed by atoms with van der Waals surface area (Å²) in [4.78, 5) is 32.3. The first-order chi connectivity index (χ1) is 20.8. The summed E-state index contributed by atoms with van der Waals surface area (Å²) < 4.78 is 71.8. The predicted octanol–water partition coefficient (Wildman–Crippen LogP) is 5.37. The van der Waals surface area contributed by atoms with Crippen molar-refractivity contribution in [2.24, 2.45) is 7.05 Å². The molecular weight excluding hydrogens is 593 g/mol. The van der Waals surface area contributed by atoms with Crippen molar-refractivity contribution in [2.45, 2.75) is 35.7 Å². The summed E-state index contributed by atoms with van der Waals surface area (Å²) in [5, 5.41) is 0.255. The van der Waals surface area contributed by atoms with E-state index in [-0.39, 0.29) is 33.0 Å². The third-order valence-corrected chi connectivity index (χ3v) is 10.5. The van der Waals surface area contributed by atoms with Gasteiger partial charge in [-0.25, -0.2) is 12.4 Å². The molecule has 0 radical (unpaired) electrons. The first-order valence-corrected chi connectivity index (χ1v) is 15.2. The first kappa shape index (κ1) is 28.1.